The van der Waals surface area contributed by atoms with Crippen LogP contribution in [0.2, 0.25) is 0 Å². The average Bonchev–Trinajstić information content (AvgIpc) is 3.47. The fourth-order valence-electron chi connectivity index (χ4n) is 3.83. The first kappa shape index (κ1) is 21.7. The van der Waals surface area contributed by atoms with E-state index in [2.05, 4.69) is 30.0 Å². The van der Waals surface area contributed by atoms with Gasteiger partial charge in [0.25, 0.3) is 10.0 Å². The number of aromatic nitrogens is 4. The van der Waals surface area contributed by atoms with Crippen molar-refractivity contribution in [2.75, 3.05) is 5.32 Å². The van der Waals surface area contributed by atoms with Crippen molar-refractivity contribution >= 4 is 32.5 Å². The van der Waals surface area contributed by atoms with Crippen molar-refractivity contribution in [2.24, 2.45) is 0 Å². The van der Waals surface area contributed by atoms with E-state index >= 15 is 0 Å². The van der Waals surface area contributed by atoms with Gasteiger partial charge in [-0.1, -0.05) is 0 Å². The molecule has 5 rings (SSSR count). The molecular formula is C22H19N7O4S. The molecule has 172 valence electrons. The monoisotopic (exact) mass is 477 g/mol. The molecule has 3 N–H and O–H groups in total. The smallest absolute Gasteiger partial charge is 0.258 e. The number of Topliss-reactive ketones (excluding diaryl/α,β-unsaturated/α-hetero) is 1. The third kappa shape index (κ3) is 4.02. The number of nitrogens with zero attached hydrogens (tertiary/aromatic N) is 4. The van der Waals surface area contributed by atoms with Crippen LogP contribution in [0.3, 0.4) is 0 Å². The lowest BCUT2D eigenvalue weighted by atomic mass is 9.87. The maximum Gasteiger partial charge on any atom is 0.258 e. The summed E-state index contributed by atoms with van der Waals surface area (Å²) in [5.41, 5.74) is 2.23. The molecule has 11 nitrogen and oxygen atoms in total. The summed E-state index contributed by atoms with van der Waals surface area (Å²) < 4.78 is 33.5. The lowest BCUT2D eigenvalue weighted by Crippen LogP contribution is -2.49. The standard InChI is InChI=1S/C22H19N7O4S/c1-12(30)18-11-27-22(33-18)17-10-26-21-16(3-5-25-21)20(17)28-14-7-15(8-14)29-34(31,32)19-6-13(9-23)2-4-24-19/h2-6,10-11,14-15,29H,7-8H2,1H3,(H2,25,26,28)/t14-,15+. The number of anilines is 1. The Morgan fingerprint density at radius 1 is 1.21 bits per heavy atom. The Bertz CT molecular complexity index is 1540. The molecule has 1 aliphatic carbocycles. The summed E-state index contributed by atoms with van der Waals surface area (Å²) >= 11 is 0. The molecule has 0 aromatic carbocycles. The third-order valence-corrected chi connectivity index (χ3v) is 7.03. The van der Waals surface area contributed by atoms with Crippen LogP contribution in [0.4, 0.5) is 5.69 Å². The number of oxazole rings is 1. The number of fused-ring (bicyclic) bond motifs is 1. The van der Waals surface area contributed by atoms with Gasteiger partial charge in [-0.3, -0.25) is 4.79 Å². The SMILES string of the molecule is CC(=O)c1cnc(-c2cnc3[nH]ccc3c2N[C@H]2C[C@@H](NS(=O)(=O)c3cc(C#N)ccn3)C2)o1. The van der Waals surface area contributed by atoms with E-state index in [1.54, 1.807) is 12.4 Å². The van der Waals surface area contributed by atoms with Gasteiger partial charge in [-0.15, -0.1) is 0 Å². The van der Waals surface area contributed by atoms with E-state index in [0.29, 0.717) is 24.1 Å². The van der Waals surface area contributed by atoms with Crippen LogP contribution in [0.5, 0.6) is 0 Å². The molecule has 0 bridgehead atoms. The van der Waals surface area contributed by atoms with Gasteiger partial charge in [0.05, 0.1) is 29.1 Å². The molecule has 1 fully saturated rings. The highest BCUT2D eigenvalue weighted by Crippen LogP contribution is 2.36. The van der Waals surface area contributed by atoms with Gasteiger partial charge in [-0.25, -0.2) is 28.1 Å². The number of H-pyrrole nitrogens is 1. The Morgan fingerprint density at radius 3 is 2.76 bits per heavy atom. The predicted molar refractivity (Wildman–Crippen MR) is 121 cm³/mol. The van der Waals surface area contributed by atoms with E-state index in [-0.39, 0.29) is 40.1 Å². The van der Waals surface area contributed by atoms with Crippen LogP contribution in [0.15, 0.2) is 52.4 Å². The molecule has 4 aromatic rings. The van der Waals surface area contributed by atoms with Gasteiger partial charge in [0.1, 0.15) is 5.65 Å². The maximum atomic E-state index is 12.6. The van der Waals surface area contributed by atoms with Crippen molar-refractivity contribution in [2.45, 2.75) is 36.9 Å². The minimum atomic E-state index is -3.84. The number of carbonyl (C=O) groups is 1. The van der Waals surface area contributed by atoms with Gasteiger partial charge in [-0.2, -0.15) is 5.26 Å². The first-order valence-corrected chi connectivity index (χ1v) is 11.9. The molecule has 0 radical (unpaired) electrons. The molecule has 0 aliphatic heterocycles. The topological polar surface area (TPSA) is 167 Å². The molecule has 0 saturated heterocycles. The Balaban J connectivity index is 1.33. The Labute approximate surface area is 194 Å². The zero-order chi connectivity index (χ0) is 23.9. The molecule has 1 aliphatic rings. The Hall–Kier alpha value is -4.08. The lowest BCUT2D eigenvalue weighted by molar-refractivity contribution is 0.0988. The fourth-order valence-corrected chi connectivity index (χ4v) is 5.06. The molecule has 1 saturated carbocycles. The number of ketones is 1. The van der Waals surface area contributed by atoms with Crippen molar-refractivity contribution < 1.29 is 17.6 Å². The van der Waals surface area contributed by atoms with E-state index in [1.807, 2.05) is 12.1 Å². The van der Waals surface area contributed by atoms with Crippen molar-refractivity contribution in [3.8, 4) is 17.5 Å². The molecular weight excluding hydrogens is 458 g/mol. The van der Waals surface area contributed by atoms with Gasteiger partial charge in [0, 0.05) is 43.0 Å². The van der Waals surface area contributed by atoms with Gasteiger partial charge >= 0.3 is 0 Å². The van der Waals surface area contributed by atoms with Crippen molar-refractivity contribution in [1.82, 2.24) is 24.7 Å². The second-order valence-corrected chi connectivity index (χ2v) is 9.66. The normalized spacial score (nSPS) is 17.8. The fraction of sp³-hybridized carbons (Fsp3) is 0.227. The van der Waals surface area contributed by atoms with Crippen LogP contribution >= 0.6 is 0 Å². The number of carbonyl (C=O) groups excluding carboxylic acids is 1. The summed E-state index contributed by atoms with van der Waals surface area (Å²) in [4.78, 5) is 27.2. The van der Waals surface area contributed by atoms with Crippen LogP contribution in [0, 0.1) is 11.3 Å². The highest BCUT2D eigenvalue weighted by Gasteiger charge is 2.34. The number of rotatable bonds is 7. The summed E-state index contributed by atoms with van der Waals surface area (Å²) in [6.07, 6.45) is 7.13. The first-order chi connectivity index (χ1) is 16.3. The second kappa shape index (κ2) is 8.36. The van der Waals surface area contributed by atoms with Gasteiger partial charge < -0.3 is 14.7 Å². The van der Waals surface area contributed by atoms with Crippen molar-refractivity contribution in [3.05, 3.63) is 54.3 Å². The molecule has 4 aromatic heterocycles. The number of hydrogen-bond acceptors (Lipinski definition) is 9. The highest BCUT2D eigenvalue weighted by molar-refractivity contribution is 7.89. The molecule has 4 heterocycles. The van der Waals surface area contributed by atoms with Gasteiger partial charge in [-0.05, 0) is 31.0 Å². The summed E-state index contributed by atoms with van der Waals surface area (Å²) in [6, 6.07) is 6.17. The lowest BCUT2D eigenvalue weighted by Gasteiger charge is -2.37. The number of nitriles is 1. The molecule has 12 heteroatoms. The maximum absolute atomic E-state index is 12.6. The van der Waals surface area contributed by atoms with Crippen LogP contribution in [-0.4, -0.2) is 46.2 Å². The third-order valence-electron chi connectivity index (χ3n) is 5.62. The first-order valence-electron chi connectivity index (χ1n) is 10.4. The van der Waals surface area contributed by atoms with E-state index in [4.69, 9.17) is 9.68 Å². The summed E-state index contributed by atoms with van der Waals surface area (Å²) in [7, 11) is -3.84. The highest BCUT2D eigenvalue weighted by atomic mass is 32.2. The van der Waals surface area contributed by atoms with E-state index in [1.165, 1.54) is 31.5 Å². The number of hydrogen-bond donors (Lipinski definition) is 3. The number of pyridine rings is 2. The van der Waals surface area contributed by atoms with E-state index in [9.17, 15) is 13.2 Å². The number of nitrogens with one attached hydrogen (secondary N) is 3. The van der Waals surface area contributed by atoms with E-state index in [0.717, 1.165) is 11.1 Å². The van der Waals surface area contributed by atoms with E-state index < -0.39 is 10.0 Å². The zero-order valence-electron chi connectivity index (χ0n) is 17.9. The largest absolute Gasteiger partial charge is 0.433 e. The number of sulfonamides is 1. The molecule has 0 unspecified atom stereocenters. The average molecular weight is 478 g/mol. The molecule has 0 spiro atoms. The van der Waals surface area contributed by atoms with Crippen LogP contribution < -0.4 is 10.0 Å². The summed E-state index contributed by atoms with van der Waals surface area (Å²) in [5, 5.41) is 13.1. The van der Waals surface area contributed by atoms with Crippen LogP contribution in [-0.2, 0) is 10.0 Å². The van der Waals surface area contributed by atoms with Crippen LogP contribution in [0.1, 0.15) is 35.9 Å². The van der Waals surface area contributed by atoms with Gasteiger partial charge in [0.2, 0.25) is 5.89 Å². The van der Waals surface area contributed by atoms with Gasteiger partial charge in [0.15, 0.2) is 16.6 Å². The van der Waals surface area contributed by atoms with Crippen LogP contribution in [0.25, 0.3) is 22.5 Å². The zero-order valence-corrected chi connectivity index (χ0v) is 18.8. The molecule has 0 amide bonds. The summed E-state index contributed by atoms with van der Waals surface area (Å²) in [5.74, 6) is 0.193. The Kier molecular flexibility index (Phi) is 5.35. The molecule has 0 atom stereocenters. The minimum Gasteiger partial charge on any atom is -0.433 e. The quantitative estimate of drug-likeness (QED) is 0.339. The minimum absolute atomic E-state index is 0.0207. The van der Waals surface area contributed by atoms with Crippen molar-refractivity contribution in [3.63, 3.8) is 0 Å². The Morgan fingerprint density at radius 2 is 2.03 bits per heavy atom. The second-order valence-electron chi connectivity index (χ2n) is 8.00. The predicted octanol–water partition coefficient (Wildman–Crippen LogP) is 2.61. The number of aromatic amines is 1. The molecule has 34 heavy (non-hydrogen) atoms. The summed E-state index contributed by atoms with van der Waals surface area (Å²) in [6.45, 7) is 1.40. The van der Waals surface area contributed by atoms with Crippen molar-refractivity contribution in [1.29, 1.82) is 5.26 Å².